The predicted molar refractivity (Wildman–Crippen MR) is 343 cm³/mol. The van der Waals surface area contributed by atoms with Crippen LogP contribution in [0.1, 0.15) is 284 Å². The second kappa shape index (κ2) is 67.1. The number of hydrogen-bond acceptors (Lipinski definition) is 5. The molecule has 0 radical (unpaired) electrons. The summed E-state index contributed by atoms with van der Waals surface area (Å²) in [5.41, 5.74) is 0. The average molecular weight is 1080 g/mol. The molecule has 1 unspecified atom stereocenters. The second-order valence-corrected chi connectivity index (χ2v) is 21.1. The van der Waals surface area contributed by atoms with Crippen LogP contribution in [0.25, 0.3) is 0 Å². The Morgan fingerprint density at radius 3 is 0.769 bits per heavy atom. The number of rotatable bonds is 58. The van der Waals surface area contributed by atoms with Crippen LogP contribution in [-0.4, -0.2) is 36.4 Å². The van der Waals surface area contributed by atoms with Gasteiger partial charge in [0.15, 0.2) is 6.10 Å². The van der Waals surface area contributed by atoms with Gasteiger partial charge in [0, 0.05) is 12.8 Å². The van der Waals surface area contributed by atoms with Crippen LogP contribution < -0.4 is 0 Å². The number of carbonyl (C=O) groups excluding carboxylic acids is 2. The lowest BCUT2D eigenvalue weighted by Gasteiger charge is -2.15. The molecule has 0 saturated carbocycles. The summed E-state index contributed by atoms with van der Waals surface area (Å²) in [4.78, 5) is 24.6. The Hall–Kier alpha value is -4.22. The van der Waals surface area contributed by atoms with Crippen molar-refractivity contribution in [3.63, 3.8) is 0 Å². The highest BCUT2D eigenvalue weighted by atomic mass is 16.6. The van der Waals surface area contributed by atoms with Crippen LogP contribution in [0.4, 0.5) is 0 Å². The first-order valence-electron chi connectivity index (χ1n) is 32.4. The molecule has 5 heteroatoms. The van der Waals surface area contributed by atoms with Gasteiger partial charge in [-0.1, -0.05) is 301 Å². The van der Waals surface area contributed by atoms with Crippen LogP contribution in [-0.2, 0) is 19.1 Å². The van der Waals surface area contributed by atoms with Gasteiger partial charge in [0.2, 0.25) is 0 Å². The maximum Gasteiger partial charge on any atom is 0.306 e. The first kappa shape index (κ1) is 73.8. The number of aliphatic hydroxyl groups excluding tert-OH is 1. The highest BCUT2D eigenvalue weighted by Crippen LogP contribution is 2.16. The molecule has 78 heavy (non-hydrogen) atoms. The Balaban J connectivity index is 3.51. The minimum Gasteiger partial charge on any atom is -0.462 e. The molecule has 5 nitrogen and oxygen atoms in total. The first-order valence-corrected chi connectivity index (χ1v) is 32.4. The fraction of sp³-hybridized carbons (Fsp3) is 0.644. The minimum absolute atomic E-state index is 0.0741. The molecule has 0 aliphatic heterocycles. The lowest BCUT2D eigenvalue weighted by Crippen LogP contribution is -2.28. The number of esters is 2. The lowest BCUT2D eigenvalue weighted by atomic mass is 10.0. The third-order valence-electron chi connectivity index (χ3n) is 13.6. The lowest BCUT2D eigenvalue weighted by molar-refractivity contribution is -0.161. The number of hydrogen-bond donors (Lipinski definition) is 1. The van der Waals surface area contributed by atoms with E-state index in [0.717, 1.165) is 116 Å². The normalized spacial score (nSPS) is 13.2. The van der Waals surface area contributed by atoms with Crippen LogP contribution in [0.2, 0.25) is 0 Å². The monoisotopic (exact) mass is 1080 g/mol. The van der Waals surface area contributed by atoms with E-state index in [1.165, 1.54) is 141 Å². The Bertz CT molecular complexity index is 1650. The van der Waals surface area contributed by atoms with Gasteiger partial charge in [-0.3, -0.25) is 9.59 Å². The van der Waals surface area contributed by atoms with Crippen molar-refractivity contribution in [1.82, 2.24) is 0 Å². The summed E-state index contributed by atoms with van der Waals surface area (Å²) in [6.45, 7) is 3.92. The molecular formula is C73H120O5. The van der Waals surface area contributed by atoms with E-state index in [1.54, 1.807) is 0 Å². The van der Waals surface area contributed by atoms with Crippen LogP contribution in [0.3, 0.4) is 0 Å². The van der Waals surface area contributed by atoms with Gasteiger partial charge in [-0.05, 0) is 116 Å². The molecule has 0 saturated heterocycles. The molecule has 442 valence electrons. The summed E-state index contributed by atoms with van der Waals surface area (Å²) in [6, 6.07) is 0. The SMILES string of the molecule is CC/C=C\C/C=C\C/C=C\C/C=C\C/C=C\C/C=C\CCCCCCCCCCCCCCCCCCC(=O)OC(CO)COC(=O)CCCCCCCCCCCC/C=C\C/C=C\C/C=C\C/C=C\C/C=C\C/C=C\CC. The van der Waals surface area contributed by atoms with Crippen LogP contribution in [0, 0.1) is 0 Å². The average Bonchev–Trinajstić information content (AvgIpc) is 3.44. The molecule has 0 aromatic carbocycles. The van der Waals surface area contributed by atoms with Crippen molar-refractivity contribution in [2.45, 2.75) is 290 Å². The van der Waals surface area contributed by atoms with Crippen molar-refractivity contribution >= 4 is 11.9 Å². The van der Waals surface area contributed by atoms with Crippen LogP contribution in [0.5, 0.6) is 0 Å². The van der Waals surface area contributed by atoms with E-state index in [2.05, 4.69) is 160 Å². The van der Waals surface area contributed by atoms with E-state index in [4.69, 9.17) is 9.47 Å². The maximum absolute atomic E-state index is 12.4. The van der Waals surface area contributed by atoms with E-state index >= 15 is 0 Å². The number of carbonyl (C=O) groups is 2. The Morgan fingerprint density at radius 2 is 0.513 bits per heavy atom. The molecule has 0 fully saturated rings. The van der Waals surface area contributed by atoms with Gasteiger partial charge < -0.3 is 14.6 Å². The molecule has 0 heterocycles. The molecule has 0 amide bonds. The molecule has 1 atom stereocenters. The summed E-state index contributed by atoms with van der Waals surface area (Å²) >= 11 is 0. The highest BCUT2D eigenvalue weighted by Gasteiger charge is 2.16. The fourth-order valence-corrected chi connectivity index (χ4v) is 8.86. The van der Waals surface area contributed by atoms with Crippen LogP contribution in [0.15, 0.2) is 146 Å². The summed E-state index contributed by atoms with van der Waals surface area (Å²) in [6.07, 6.45) is 101. The standard InChI is InChI=1S/C73H120O5/c1-3-5-7-9-11-13-15-17-19-21-23-25-27-29-31-33-34-35-36-37-38-40-42-44-46-48-50-52-54-56-58-60-62-64-66-68-73(76)78-71(69-74)70-77-72(75)67-65-63-61-59-57-55-53-51-49-47-45-43-41-39-32-30-28-26-24-22-20-18-16-14-12-10-8-6-4-2/h5-8,11-14,17-20,23-26,29-32,34-35,41,43,71,74H,3-4,9-10,15-16,21-22,27-28,33,36-40,42,44-70H2,1-2H3/b7-5-,8-6-,13-11-,14-12-,19-17-,20-18-,25-23-,26-24-,31-29-,32-30-,35-34-,43-41-. The predicted octanol–water partition coefficient (Wildman–Crippen LogP) is 22.5. The topological polar surface area (TPSA) is 72.8 Å². The summed E-state index contributed by atoms with van der Waals surface area (Å²) in [7, 11) is 0. The van der Waals surface area contributed by atoms with Gasteiger partial charge in [0.25, 0.3) is 0 Å². The smallest absolute Gasteiger partial charge is 0.306 e. The molecule has 0 aliphatic carbocycles. The number of aliphatic hydroxyl groups is 1. The van der Waals surface area contributed by atoms with Gasteiger partial charge in [0.05, 0.1) is 6.61 Å². The van der Waals surface area contributed by atoms with Crippen molar-refractivity contribution < 1.29 is 24.2 Å². The molecule has 0 bridgehead atoms. The van der Waals surface area contributed by atoms with E-state index in [-0.39, 0.29) is 25.2 Å². The van der Waals surface area contributed by atoms with Crippen LogP contribution >= 0.6 is 0 Å². The zero-order chi connectivity index (χ0) is 56.2. The van der Waals surface area contributed by atoms with Crippen molar-refractivity contribution in [3.8, 4) is 0 Å². The van der Waals surface area contributed by atoms with Gasteiger partial charge in [-0.15, -0.1) is 0 Å². The maximum atomic E-state index is 12.4. The van der Waals surface area contributed by atoms with E-state index in [9.17, 15) is 14.7 Å². The highest BCUT2D eigenvalue weighted by molar-refractivity contribution is 5.70. The van der Waals surface area contributed by atoms with E-state index in [0.29, 0.717) is 12.8 Å². The molecule has 0 aliphatic rings. The Kier molecular flexibility index (Phi) is 63.4. The molecular weight excluding hydrogens is 957 g/mol. The molecule has 1 N–H and O–H groups in total. The van der Waals surface area contributed by atoms with Gasteiger partial charge >= 0.3 is 11.9 Å². The summed E-state index contributed by atoms with van der Waals surface area (Å²) in [5.74, 6) is -0.596. The molecule has 0 aromatic rings. The van der Waals surface area contributed by atoms with Gasteiger partial charge in [-0.25, -0.2) is 0 Å². The van der Waals surface area contributed by atoms with Crippen molar-refractivity contribution in [2.24, 2.45) is 0 Å². The van der Waals surface area contributed by atoms with Gasteiger partial charge in [0.1, 0.15) is 6.61 Å². The van der Waals surface area contributed by atoms with Crippen molar-refractivity contribution in [2.75, 3.05) is 13.2 Å². The van der Waals surface area contributed by atoms with Crippen molar-refractivity contribution in [1.29, 1.82) is 0 Å². The zero-order valence-corrected chi connectivity index (χ0v) is 50.6. The molecule has 0 aromatic heterocycles. The summed E-state index contributed by atoms with van der Waals surface area (Å²) in [5, 5.41) is 9.69. The van der Waals surface area contributed by atoms with E-state index < -0.39 is 6.10 Å². The fourth-order valence-electron chi connectivity index (χ4n) is 8.86. The van der Waals surface area contributed by atoms with Gasteiger partial charge in [-0.2, -0.15) is 0 Å². The third kappa shape index (κ3) is 64.3. The summed E-state index contributed by atoms with van der Waals surface area (Å²) < 4.78 is 10.7. The quantitative estimate of drug-likeness (QED) is 0.0373. The third-order valence-corrected chi connectivity index (χ3v) is 13.6. The number of ether oxygens (including phenoxy) is 2. The Labute approximate surface area is 482 Å². The molecule has 0 spiro atoms. The van der Waals surface area contributed by atoms with E-state index in [1.807, 2.05) is 0 Å². The minimum atomic E-state index is -0.784. The first-order chi connectivity index (χ1) is 38.6. The van der Waals surface area contributed by atoms with Crippen molar-refractivity contribution in [3.05, 3.63) is 146 Å². The molecule has 0 rings (SSSR count). The number of unbranched alkanes of at least 4 members (excludes halogenated alkanes) is 26. The largest absolute Gasteiger partial charge is 0.462 e. The number of allylic oxidation sites excluding steroid dienone is 24. The second-order valence-electron chi connectivity index (χ2n) is 21.1. The Morgan fingerprint density at radius 1 is 0.295 bits per heavy atom. The zero-order valence-electron chi connectivity index (χ0n) is 50.6.